The summed E-state index contributed by atoms with van der Waals surface area (Å²) in [6.07, 6.45) is 2.61. The van der Waals surface area contributed by atoms with Crippen LogP contribution in [0.5, 0.6) is 0 Å². The van der Waals surface area contributed by atoms with Gasteiger partial charge in [-0.05, 0) is 37.0 Å². The summed E-state index contributed by atoms with van der Waals surface area (Å²) in [7, 11) is 0. The Labute approximate surface area is 103 Å². The molecule has 0 radical (unpaired) electrons. The van der Waals surface area contributed by atoms with E-state index in [2.05, 4.69) is 19.2 Å². The molecule has 0 heterocycles. The van der Waals surface area contributed by atoms with Gasteiger partial charge in [-0.1, -0.05) is 26.0 Å². The van der Waals surface area contributed by atoms with Gasteiger partial charge in [0.05, 0.1) is 0 Å². The van der Waals surface area contributed by atoms with Gasteiger partial charge in [-0.15, -0.1) is 0 Å². The van der Waals surface area contributed by atoms with Crippen molar-refractivity contribution in [1.82, 2.24) is 5.32 Å². The van der Waals surface area contributed by atoms with Crippen LogP contribution < -0.4 is 5.32 Å². The van der Waals surface area contributed by atoms with E-state index < -0.39 is 0 Å². The number of aliphatic hydroxyl groups is 1. The van der Waals surface area contributed by atoms with Crippen LogP contribution in [0.1, 0.15) is 44.7 Å². The van der Waals surface area contributed by atoms with Gasteiger partial charge < -0.3 is 10.4 Å². The van der Waals surface area contributed by atoms with Crippen molar-refractivity contribution in [2.24, 2.45) is 0 Å². The van der Waals surface area contributed by atoms with Crippen LogP contribution in [-0.2, 0) is 0 Å². The third-order valence-electron chi connectivity index (χ3n) is 3.07. The normalized spacial score (nSPS) is 14.6. The van der Waals surface area contributed by atoms with Crippen LogP contribution in [0, 0.1) is 5.82 Å². The van der Waals surface area contributed by atoms with E-state index in [0.29, 0.717) is 0 Å². The lowest BCUT2D eigenvalue weighted by Gasteiger charge is -2.24. The lowest BCUT2D eigenvalue weighted by atomic mass is 10.0. The second kappa shape index (κ2) is 7.41. The lowest BCUT2D eigenvalue weighted by molar-refractivity contribution is 0.254. The van der Waals surface area contributed by atoms with Crippen molar-refractivity contribution in [1.29, 1.82) is 0 Å². The quantitative estimate of drug-likeness (QED) is 0.766. The molecule has 96 valence electrons. The van der Waals surface area contributed by atoms with Crippen molar-refractivity contribution in [3.63, 3.8) is 0 Å². The molecule has 0 saturated carbocycles. The Hall–Kier alpha value is -0.930. The number of rotatable bonds is 7. The Bertz CT molecular complexity index is 330. The van der Waals surface area contributed by atoms with E-state index >= 15 is 0 Å². The molecule has 2 atom stereocenters. The van der Waals surface area contributed by atoms with Crippen molar-refractivity contribution >= 4 is 0 Å². The summed E-state index contributed by atoms with van der Waals surface area (Å²) in [6.45, 7) is 4.35. The molecule has 2 unspecified atom stereocenters. The molecule has 0 aliphatic rings. The zero-order valence-electron chi connectivity index (χ0n) is 10.6. The summed E-state index contributed by atoms with van der Waals surface area (Å²) < 4.78 is 13.2. The average molecular weight is 239 g/mol. The highest BCUT2D eigenvalue weighted by Gasteiger charge is 2.14. The van der Waals surface area contributed by atoms with Crippen molar-refractivity contribution in [3.05, 3.63) is 35.6 Å². The monoisotopic (exact) mass is 239 g/mol. The van der Waals surface area contributed by atoms with Gasteiger partial charge in [0, 0.05) is 18.7 Å². The number of nitrogens with one attached hydrogen (secondary N) is 1. The summed E-state index contributed by atoms with van der Waals surface area (Å²) in [6, 6.07) is 7.15. The van der Waals surface area contributed by atoms with Gasteiger partial charge in [0.2, 0.25) is 0 Å². The van der Waals surface area contributed by atoms with Crippen LogP contribution in [0.4, 0.5) is 4.39 Å². The number of hydrogen-bond acceptors (Lipinski definition) is 2. The van der Waals surface area contributed by atoms with E-state index in [4.69, 9.17) is 5.11 Å². The van der Waals surface area contributed by atoms with Crippen LogP contribution in [0.3, 0.4) is 0 Å². The predicted molar refractivity (Wildman–Crippen MR) is 68.3 cm³/mol. The third kappa shape index (κ3) is 4.44. The first kappa shape index (κ1) is 14.1. The summed E-state index contributed by atoms with van der Waals surface area (Å²) in [4.78, 5) is 0. The molecule has 1 aromatic rings. The van der Waals surface area contributed by atoms with Crippen LogP contribution >= 0.6 is 0 Å². The first-order valence-electron chi connectivity index (χ1n) is 6.33. The van der Waals surface area contributed by atoms with Crippen molar-refractivity contribution in [2.45, 2.75) is 45.2 Å². The smallest absolute Gasteiger partial charge is 0.123 e. The molecule has 3 heteroatoms. The minimum Gasteiger partial charge on any atom is -0.396 e. The Morgan fingerprint density at radius 1 is 1.29 bits per heavy atom. The first-order chi connectivity index (χ1) is 8.21. The Morgan fingerprint density at radius 3 is 2.59 bits per heavy atom. The van der Waals surface area contributed by atoms with Gasteiger partial charge in [0.1, 0.15) is 5.82 Å². The minimum absolute atomic E-state index is 0.155. The number of halogens is 1. The van der Waals surface area contributed by atoms with E-state index in [-0.39, 0.29) is 24.5 Å². The summed E-state index contributed by atoms with van der Waals surface area (Å²) in [5, 5.41) is 12.4. The Kier molecular flexibility index (Phi) is 6.16. The molecule has 0 aliphatic heterocycles. The average Bonchev–Trinajstić information content (AvgIpc) is 2.34. The SMILES string of the molecule is CCC(CCO)NC(CC)c1cccc(F)c1. The number of hydrogen-bond donors (Lipinski definition) is 2. The molecule has 2 N–H and O–H groups in total. The maximum absolute atomic E-state index is 13.2. The summed E-state index contributed by atoms with van der Waals surface area (Å²) >= 11 is 0. The highest BCUT2D eigenvalue weighted by Crippen LogP contribution is 2.19. The Balaban J connectivity index is 2.70. The fraction of sp³-hybridized carbons (Fsp3) is 0.571. The zero-order chi connectivity index (χ0) is 12.7. The van der Waals surface area contributed by atoms with E-state index in [1.165, 1.54) is 6.07 Å². The minimum atomic E-state index is -0.196. The largest absolute Gasteiger partial charge is 0.396 e. The van der Waals surface area contributed by atoms with Crippen LogP contribution in [0.15, 0.2) is 24.3 Å². The molecule has 2 nitrogen and oxygen atoms in total. The van der Waals surface area contributed by atoms with Crippen LogP contribution in [-0.4, -0.2) is 17.8 Å². The second-order valence-corrected chi connectivity index (χ2v) is 4.30. The number of benzene rings is 1. The second-order valence-electron chi connectivity index (χ2n) is 4.30. The van der Waals surface area contributed by atoms with Crippen molar-refractivity contribution < 1.29 is 9.50 Å². The summed E-state index contributed by atoms with van der Waals surface area (Å²) in [5.41, 5.74) is 0.976. The van der Waals surface area contributed by atoms with Gasteiger partial charge in [-0.25, -0.2) is 4.39 Å². The van der Waals surface area contributed by atoms with Crippen molar-refractivity contribution in [2.75, 3.05) is 6.61 Å². The molecule has 1 rings (SSSR count). The van der Waals surface area contributed by atoms with E-state index in [1.54, 1.807) is 12.1 Å². The van der Waals surface area contributed by atoms with Crippen LogP contribution in [0.2, 0.25) is 0 Å². The highest BCUT2D eigenvalue weighted by atomic mass is 19.1. The maximum Gasteiger partial charge on any atom is 0.123 e. The standard InChI is InChI=1S/C14H22FNO/c1-3-13(8-9-17)16-14(4-2)11-6-5-7-12(15)10-11/h5-7,10,13-14,16-17H,3-4,8-9H2,1-2H3. The molecule has 0 spiro atoms. The molecule has 0 fully saturated rings. The fourth-order valence-electron chi connectivity index (χ4n) is 2.02. The maximum atomic E-state index is 13.2. The molecule has 0 aromatic heterocycles. The number of aliphatic hydroxyl groups excluding tert-OH is 1. The molecular formula is C14H22FNO. The predicted octanol–water partition coefficient (Wildman–Crippen LogP) is 3.03. The van der Waals surface area contributed by atoms with E-state index in [9.17, 15) is 4.39 Å². The Morgan fingerprint density at radius 2 is 2.06 bits per heavy atom. The fourth-order valence-corrected chi connectivity index (χ4v) is 2.02. The van der Waals surface area contributed by atoms with Gasteiger partial charge >= 0.3 is 0 Å². The molecule has 0 amide bonds. The molecular weight excluding hydrogens is 217 g/mol. The van der Waals surface area contributed by atoms with E-state index in [0.717, 1.165) is 24.8 Å². The van der Waals surface area contributed by atoms with Crippen molar-refractivity contribution in [3.8, 4) is 0 Å². The molecule has 0 saturated heterocycles. The third-order valence-corrected chi connectivity index (χ3v) is 3.07. The van der Waals surface area contributed by atoms with E-state index in [1.807, 2.05) is 6.07 Å². The lowest BCUT2D eigenvalue weighted by Crippen LogP contribution is -2.33. The topological polar surface area (TPSA) is 32.3 Å². The first-order valence-corrected chi connectivity index (χ1v) is 6.33. The molecule has 0 aliphatic carbocycles. The molecule has 0 bridgehead atoms. The zero-order valence-corrected chi connectivity index (χ0v) is 10.6. The van der Waals surface area contributed by atoms with Gasteiger partial charge in [-0.3, -0.25) is 0 Å². The van der Waals surface area contributed by atoms with Crippen LogP contribution in [0.25, 0.3) is 0 Å². The summed E-state index contributed by atoms with van der Waals surface area (Å²) in [5.74, 6) is -0.196. The van der Waals surface area contributed by atoms with Gasteiger partial charge in [0.15, 0.2) is 0 Å². The molecule has 1 aromatic carbocycles. The van der Waals surface area contributed by atoms with Gasteiger partial charge in [-0.2, -0.15) is 0 Å². The highest BCUT2D eigenvalue weighted by molar-refractivity contribution is 5.20. The van der Waals surface area contributed by atoms with Gasteiger partial charge in [0.25, 0.3) is 0 Å². The molecule has 17 heavy (non-hydrogen) atoms.